The first-order valence-electron chi connectivity index (χ1n) is 7.66. The van der Waals surface area contributed by atoms with Crippen LogP contribution in [0.4, 0.5) is 0 Å². The highest BCUT2D eigenvalue weighted by atomic mass is 16.2. The van der Waals surface area contributed by atoms with Crippen molar-refractivity contribution in [2.24, 2.45) is 0 Å². The highest BCUT2D eigenvalue weighted by molar-refractivity contribution is 5.82. The van der Waals surface area contributed by atoms with Crippen molar-refractivity contribution in [1.29, 1.82) is 0 Å². The molecule has 1 heterocycles. The minimum absolute atomic E-state index is 0.0115. The van der Waals surface area contributed by atoms with Crippen LogP contribution in [-0.2, 0) is 11.3 Å². The Morgan fingerprint density at radius 3 is 2.77 bits per heavy atom. The maximum absolute atomic E-state index is 12.2. The van der Waals surface area contributed by atoms with Gasteiger partial charge in [-0.2, -0.15) is 0 Å². The number of carbonyl (C=O) groups excluding carboxylic acids is 1. The Morgan fingerprint density at radius 1 is 1.27 bits per heavy atom. The summed E-state index contributed by atoms with van der Waals surface area (Å²) < 4.78 is 0. The fourth-order valence-corrected chi connectivity index (χ4v) is 2.67. The van der Waals surface area contributed by atoms with Crippen LogP contribution in [0.25, 0.3) is 10.9 Å². The molecule has 1 aromatic carbocycles. The Labute approximate surface area is 129 Å². The molecule has 3 rings (SSSR count). The minimum atomic E-state index is 0.0115. The van der Waals surface area contributed by atoms with Gasteiger partial charge in [0.2, 0.25) is 5.91 Å². The van der Waals surface area contributed by atoms with Crippen LogP contribution >= 0.6 is 0 Å². The van der Waals surface area contributed by atoms with E-state index in [0.29, 0.717) is 18.0 Å². The SMILES string of the molecule is Cc1cc(C)c2[nH]c(CNCC(=O)NC3CC3)cc(=O)c2c1. The van der Waals surface area contributed by atoms with Crippen LogP contribution in [0, 0.1) is 13.8 Å². The van der Waals surface area contributed by atoms with Crippen LogP contribution in [0.3, 0.4) is 0 Å². The molecule has 0 saturated heterocycles. The lowest BCUT2D eigenvalue weighted by Crippen LogP contribution is -2.35. The van der Waals surface area contributed by atoms with Gasteiger partial charge in [-0.3, -0.25) is 9.59 Å². The molecule has 1 fully saturated rings. The summed E-state index contributed by atoms with van der Waals surface area (Å²) in [6.45, 7) is 4.71. The quantitative estimate of drug-likeness (QED) is 0.783. The molecule has 3 N–H and O–H groups in total. The third-order valence-corrected chi connectivity index (χ3v) is 3.88. The number of aromatic amines is 1. The Kier molecular flexibility index (Phi) is 3.98. The molecule has 1 aliphatic rings. The van der Waals surface area contributed by atoms with E-state index in [1.165, 1.54) is 0 Å². The molecule has 1 aromatic heterocycles. The van der Waals surface area contributed by atoms with Gasteiger partial charge < -0.3 is 15.6 Å². The second-order valence-electron chi connectivity index (χ2n) is 6.11. The van der Waals surface area contributed by atoms with Crippen molar-refractivity contribution in [1.82, 2.24) is 15.6 Å². The molecule has 0 unspecified atom stereocenters. The molecule has 0 radical (unpaired) electrons. The van der Waals surface area contributed by atoms with Gasteiger partial charge in [-0.15, -0.1) is 0 Å². The number of amides is 1. The van der Waals surface area contributed by atoms with E-state index in [0.717, 1.165) is 35.2 Å². The highest BCUT2D eigenvalue weighted by Gasteiger charge is 2.22. The second-order valence-corrected chi connectivity index (χ2v) is 6.11. The van der Waals surface area contributed by atoms with E-state index in [1.54, 1.807) is 6.07 Å². The number of rotatable bonds is 5. The van der Waals surface area contributed by atoms with E-state index < -0.39 is 0 Å². The Balaban J connectivity index is 1.71. The highest BCUT2D eigenvalue weighted by Crippen LogP contribution is 2.18. The summed E-state index contributed by atoms with van der Waals surface area (Å²) >= 11 is 0. The molecule has 0 bridgehead atoms. The summed E-state index contributed by atoms with van der Waals surface area (Å²) in [5.41, 5.74) is 3.82. The molecule has 0 atom stereocenters. The largest absolute Gasteiger partial charge is 0.357 e. The van der Waals surface area contributed by atoms with Crippen LogP contribution < -0.4 is 16.1 Å². The lowest BCUT2D eigenvalue weighted by atomic mass is 10.1. The molecule has 0 aliphatic heterocycles. The first-order valence-corrected chi connectivity index (χ1v) is 7.66. The third-order valence-electron chi connectivity index (χ3n) is 3.88. The summed E-state index contributed by atoms with van der Waals surface area (Å²) in [6, 6.07) is 5.94. The van der Waals surface area contributed by atoms with Crippen LogP contribution in [-0.4, -0.2) is 23.5 Å². The summed E-state index contributed by atoms with van der Waals surface area (Å²) in [4.78, 5) is 27.1. The molecule has 2 aromatic rings. The summed E-state index contributed by atoms with van der Waals surface area (Å²) in [7, 11) is 0. The Morgan fingerprint density at radius 2 is 2.05 bits per heavy atom. The zero-order chi connectivity index (χ0) is 15.7. The molecule has 5 heteroatoms. The van der Waals surface area contributed by atoms with E-state index in [2.05, 4.69) is 21.7 Å². The standard InChI is InChI=1S/C17H21N3O2/c1-10-5-11(2)17-14(6-10)15(21)7-13(20-17)8-18-9-16(22)19-12-3-4-12/h5-7,12,18H,3-4,8-9H2,1-2H3,(H,19,22)(H,20,21). The molecular weight excluding hydrogens is 278 g/mol. The fourth-order valence-electron chi connectivity index (χ4n) is 2.67. The second kappa shape index (κ2) is 5.93. The number of pyridine rings is 1. The van der Waals surface area contributed by atoms with E-state index in [9.17, 15) is 9.59 Å². The zero-order valence-corrected chi connectivity index (χ0v) is 13.0. The molecular formula is C17H21N3O2. The first kappa shape index (κ1) is 14.8. The third kappa shape index (κ3) is 3.36. The van der Waals surface area contributed by atoms with E-state index in [1.807, 2.05) is 19.9 Å². The number of H-pyrrole nitrogens is 1. The van der Waals surface area contributed by atoms with Gasteiger partial charge in [0.1, 0.15) is 0 Å². The number of hydrogen-bond acceptors (Lipinski definition) is 3. The number of benzene rings is 1. The number of aryl methyl sites for hydroxylation is 2. The number of nitrogens with one attached hydrogen (secondary N) is 3. The molecule has 1 amide bonds. The van der Waals surface area contributed by atoms with Crippen LogP contribution in [0.2, 0.25) is 0 Å². The van der Waals surface area contributed by atoms with Crippen LogP contribution in [0.5, 0.6) is 0 Å². The predicted octanol–water partition coefficient (Wildman–Crippen LogP) is 1.51. The molecule has 1 saturated carbocycles. The predicted molar refractivity (Wildman–Crippen MR) is 86.9 cm³/mol. The van der Waals surface area contributed by atoms with Crippen molar-refractivity contribution in [2.45, 2.75) is 39.3 Å². The lowest BCUT2D eigenvalue weighted by Gasteiger charge is -2.09. The van der Waals surface area contributed by atoms with Crippen molar-refractivity contribution in [3.8, 4) is 0 Å². The summed E-state index contributed by atoms with van der Waals surface area (Å²) in [5.74, 6) is 0.0115. The molecule has 116 valence electrons. The van der Waals surface area contributed by atoms with Gasteiger partial charge in [0.05, 0.1) is 12.1 Å². The van der Waals surface area contributed by atoms with Gasteiger partial charge in [0, 0.05) is 29.7 Å². The first-order chi connectivity index (χ1) is 10.5. The van der Waals surface area contributed by atoms with Gasteiger partial charge in [0.25, 0.3) is 0 Å². The van der Waals surface area contributed by atoms with Gasteiger partial charge >= 0.3 is 0 Å². The maximum atomic E-state index is 12.2. The van der Waals surface area contributed by atoms with E-state index >= 15 is 0 Å². The van der Waals surface area contributed by atoms with Crippen molar-refractivity contribution in [2.75, 3.05) is 6.54 Å². The average Bonchev–Trinajstić information content (AvgIpc) is 3.24. The zero-order valence-electron chi connectivity index (χ0n) is 13.0. The van der Waals surface area contributed by atoms with Crippen molar-refractivity contribution in [3.63, 3.8) is 0 Å². The molecule has 0 spiro atoms. The monoisotopic (exact) mass is 299 g/mol. The van der Waals surface area contributed by atoms with E-state index in [-0.39, 0.29) is 17.9 Å². The Bertz CT molecular complexity index is 775. The van der Waals surface area contributed by atoms with Crippen molar-refractivity contribution < 1.29 is 4.79 Å². The molecule has 22 heavy (non-hydrogen) atoms. The van der Waals surface area contributed by atoms with Gasteiger partial charge in [-0.25, -0.2) is 0 Å². The summed E-state index contributed by atoms with van der Waals surface area (Å²) in [6.07, 6.45) is 2.17. The van der Waals surface area contributed by atoms with Crippen molar-refractivity contribution >= 4 is 16.8 Å². The number of aromatic nitrogens is 1. The smallest absolute Gasteiger partial charge is 0.234 e. The summed E-state index contributed by atoms with van der Waals surface area (Å²) in [5, 5.41) is 6.71. The van der Waals surface area contributed by atoms with E-state index in [4.69, 9.17) is 0 Å². The maximum Gasteiger partial charge on any atom is 0.234 e. The Hall–Kier alpha value is -2.14. The minimum Gasteiger partial charge on any atom is -0.357 e. The van der Waals surface area contributed by atoms with Crippen molar-refractivity contribution in [3.05, 3.63) is 45.2 Å². The van der Waals surface area contributed by atoms with Gasteiger partial charge in [-0.1, -0.05) is 6.07 Å². The molecule has 1 aliphatic carbocycles. The van der Waals surface area contributed by atoms with Gasteiger partial charge in [-0.05, 0) is 43.9 Å². The van der Waals surface area contributed by atoms with Crippen LogP contribution in [0.15, 0.2) is 23.0 Å². The average molecular weight is 299 g/mol. The lowest BCUT2D eigenvalue weighted by molar-refractivity contribution is -0.120. The normalized spacial score (nSPS) is 14.3. The number of carbonyl (C=O) groups is 1. The number of hydrogen-bond donors (Lipinski definition) is 3. The van der Waals surface area contributed by atoms with Crippen LogP contribution in [0.1, 0.15) is 29.7 Å². The number of fused-ring (bicyclic) bond motifs is 1. The van der Waals surface area contributed by atoms with Gasteiger partial charge in [0.15, 0.2) is 5.43 Å². The topological polar surface area (TPSA) is 74.0 Å². The molecule has 5 nitrogen and oxygen atoms in total. The fraction of sp³-hybridized carbons (Fsp3) is 0.412.